The Hall–Kier alpha value is -1.50. The number of hydrogen-bond acceptors (Lipinski definition) is 2. The average Bonchev–Trinajstić information content (AvgIpc) is 2.82. The predicted molar refractivity (Wildman–Crippen MR) is 79.4 cm³/mol. The summed E-state index contributed by atoms with van der Waals surface area (Å²) in [6, 6.07) is 4.39. The highest BCUT2D eigenvalue weighted by atomic mass is 79.9. The molecule has 0 bridgehead atoms. The van der Waals surface area contributed by atoms with Crippen LogP contribution >= 0.6 is 15.9 Å². The Morgan fingerprint density at radius 2 is 2.00 bits per heavy atom. The SMILES string of the molecule is CN(Cc1cnn(C)c1)c1ccc(CBr)cc1C(F)(F)F. The lowest BCUT2D eigenvalue weighted by atomic mass is 10.1. The maximum atomic E-state index is 13.2. The summed E-state index contributed by atoms with van der Waals surface area (Å²) in [6.07, 6.45) is -0.941. The van der Waals surface area contributed by atoms with Gasteiger partial charge in [0.05, 0.1) is 11.8 Å². The van der Waals surface area contributed by atoms with Crippen LogP contribution in [-0.2, 0) is 25.1 Å². The summed E-state index contributed by atoms with van der Waals surface area (Å²) in [4.78, 5) is 1.58. The minimum atomic E-state index is -4.38. The van der Waals surface area contributed by atoms with Crippen LogP contribution in [0.5, 0.6) is 0 Å². The second-order valence-corrected chi connectivity index (χ2v) is 5.42. The number of hydrogen-bond donors (Lipinski definition) is 0. The third-order valence-corrected chi connectivity index (χ3v) is 3.76. The van der Waals surface area contributed by atoms with E-state index in [1.807, 2.05) is 0 Å². The highest BCUT2D eigenvalue weighted by Gasteiger charge is 2.34. The van der Waals surface area contributed by atoms with Gasteiger partial charge in [0.2, 0.25) is 0 Å². The summed E-state index contributed by atoms with van der Waals surface area (Å²) in [6.45, 7) is 0.366. The molecule has 1 aromatic heterocycles. The molecule has 0 aliphatic rings. The molecule has 0 radical (unpaired) electrons. The monoisotopic (exact) mass is 361 g/mol. The summed E-state index contributed by atoms with van der Waals surface area (Å²) < 4.78 is 41.3. The normalized spacial score (nSPS) is 11.7. The predicted octanol–water partition coefficient (Wildman–Crippen LogP) is 3.97. The molecular weight excluding hydrogens is 347 g/mol. The molecule has 0 saturated carbocycles. The molecule has 0 fully saturated rings. The summed E-state index contributed by atoms with van der Waals surface area (Å²) in [7, 11) is 3.42. The molecule has 0 aliphatic heterocycles. The molecule has 0 amide bonds. The molecular formula is C14H15BrF3N3. The molecule has 0 unspecified atom stereocenters. The van der Waals surface area contributed by atoms with Crippen molar-refractivity contribution < 1.29 is 13.2 Å². The lowest BCUT2D eigenvalue weighted by Gasteiger charge is -2.23. The van der Waals surface area contributed by atoms with Crippen LogP contribution in [0.15, 0.2) is 30.6 Å². The molecule has 7 heteroatoms. The Morgan fingerprint density at radius 1 is 1.29 bits per heavy atom. The molecule has 0 aliphatic carbocycles. The first-order valence-corrected chi connectivity index (χ1v) is 7.38. The van der Waals surface area contributed by atoms with Crippen molar-refractivity contribution in [2.75, 3.05) is 11.9 Å². The second kappa shape index (κ2) is 6.09. The van der Waals surface area contributed by atoms with E-state index in [2.05, 4.69) is 21.0 Å². The van der Waals surface area contributed by atoms with Crippen molar-refractivity contribution in [2.24, 2.45) is 7.05 Å². The van der Waals surface area contributed by atoms with E-state index < -0.39 is 11.7 Å². The first kappa shape index (κ1) is 15.9. The molecule has 2 rings (SSSR count). The number of benzene rings is 1. The van der Waals surface area contributed by atoms with Crippen LogP contribution in [0.4, 0.5) is 18.9 Å². The zero-order valence-corrected chi connectivity index (χ0v) is 13.2. The van der Waals surface area contributed by atoms with Crippen LogP contribution in [0.1, 0.15) is 16.7 Å². The zero-order chi connectivity index (χ0) is 15.6. The van der Waals surface area contributed by atoms with E-state index in [1.165, 1.54) is 12.1 Å². The van der Waals surface area contributed by atoms with Gasteiger partial charge in [-0.05, 0) is 17.7 Å². The average molecular weight is 362 g/mol. The third kappa shape index (κ3) is 3.78. The standard InChI is InChI=1S/C14H15BrF3N3/c1-20(8-11-7-19-21(2)9-11)13-4-3-10(6-15)5-12(13)14(16,17)18/h3-5,7,9H,6,8H2,1-2H3. The van der Waals surface area contributed by atoms with E-state index in [0.29, 0.717) is 17.4 Å². The number of aromatic nitrogens is 2. The first-order valence-electron chi connectivity index (χ1n) is 6.26. The molecule has 2 aromatic rings. The Kier molecular flexibility index (Phi) is 4.61. The van der Waals surface area contributed by atoms with Gasteiger partial charge in [-0.2, -0.15) is 18.3 Å². The fraction of sp³-hybridized carbons (Fsp3) is 0.357. The molecule has 1 aromatic carbocycles. The van der Waals surface area contributed by atoms with Gasteiger partial charge < -0.3 is 4.90 Å². The smallest absolute Gasteiger partial charge is 0.370 e. The molecule has 0 spiro atoms. The first-order chi connectivity index (χ1) is 9.81. The summed E-state index contributed by atoms with van der Waals surface area (Å²) >= 11 is 3.18. The van der Waals surface area contributed by atoms with Gasteiger partial charge in [0.25, 0.3) is 0 Å². The number of alkyl halides is 4. The fourth-order valence-corrected chi connectivity index (χ4v) is 2.49. The molecule has 1 heterocycles. The lowest BCUT2D eigenvalue weighted by molar-refractivity contribution is -0.137. The Bertz CT molecular complexity index is 622. The van der Waals surface area contributed by atoms with Gasteiger partial charge in [0, 0.05) is 43.4 Å². The third-order valence-electron chi connectivity index (χ3n) is 3.11. The van der Waals surface area contributed by atoms with Gasteiger partial charge in [-0.1, -0.05) is 22.0 Å². The van der Waals surface area contributed by atoms with Gasteiger partial charge in [-0.15, -0.1) is 0 Å². The van der Waals surface area contributed by atoms with Crippen molar-refractivity contribution in [3.05, 3.63) is 47.3 Å². The van der Waals surface area contributed by atoms with Crippen LogP contribution in [0.3, 0.4) is 0 Å². The lowest BCUT2D eigenvalue weighted by Crippen LogP contribution is -2.21. The maximum absolute atomic E-state index is 13.2. The van der Waals surface area contributed by atoms with E-state index in [0.717, 1.165) is 5.56 Å². The fourth-order valence-electron chi connectivity index (χ4n) is 2.14. The highest BCUT2D eigenvalue weighted by molar-refractivity contribution is 9.08. The Balaban J connectivity index is 2.33. The molecule has 0 atom stereocenters. The van der Waals surface area contributed by atoms with Gasteiger partial charge in [-0.3, -0.25) is 4.68 Å². The van der Waals surface area contributed by atoms with E-state index in [9.17, 15) is 13.2 Å². The Morgan fingerprint density at radius 3 is 2.52 bits per heavy atom. The Labute approximate surface area is 129 Å². The zero-order valence-electron chi connectivity index (χ0n) is 11.7. The van der Waals surface area contributed by atoms with Crippen LogP contribution < -0.4 is 4.90 Å². The quantitative estimate of drug-likeness (QED) is 0.768. The van der Waals surface area contributed by atoms with Crippen LogP contribution in [0.25, 0.3) is 0 Å². The maximum Gasteiger partial charge on any atom is 0.418 e. The number of halogens is 4. The number of anilines is 1. The van der Waals surface area contributed by atoms with Crippen molar-refractivity contribution in [1.82, 2.24) is 9.78 Å². The van der Waals surface area contributed by atoms with Crippen molar-refractivity contribution in [3.63, 3.8) is 0 Å². The molecule has 3 nitrogen and oxygen atoms in total. The van der Waals surface area contributed by atoms with Gasteiger partial charge in [-0.25, -0.2) is 0 Å². The summed E-state index contributed by atoms with van der Waals surface area (Å²) in [5, 5.41) is 4.42. The van der Waals surface area contributed by atoms with E-state index >= 15 is 0 Å². The van der Waals surface area contributed by atoms with Crippen molar-refractivity contribution >= 4 is 21.6 Å². The van der Waals surface area contributed by atoms with Crippen molar-refractivity contribution in [1.29, 1.82) is 0 Å². The van der Waals surface area contributed by atoms with Gasteiger partial charge in [0.1, 0.15) is 0 Å². The highest BCUT2D eigenvalue weighted by Crippen LogP contribution is 2.37. The molecule has 114 valence electrons. The van der Waals surface area contributed by atoms with Crippen LogP contribution in [0.2, 0.25) is 0 Å². The van der Waals surface area contributed by atoms with Crippen LogP contribution in [-0.4, -0.2) is 16.8 Å². The summed E-state index contributed by atoms with van der Waals surface area (Å²) in [5.41, 5.74) is 1.00. The summed E-state index contributed by atoms with van der Waals surface area (Å²) in [5.74, 6) is 0. The van der Waals surface area contributed by atoms with E-state index in [-0.39, 0.29) is 5.69 Å². The number of nitrogens with zero attached hydrogens (tertiary/aromatic N) is 3. The molecule has 0 saturated heterocycles. The van der Waals surface area contributed by atoms with Gasteiger partial charge in [0.15, 0.2) is 0 Å². The second-order valence-electron chi connectivity index (χ2n) is 4.86. The van der Waals surface area contributed by atoms with Crippen LogP contribution in [0, 0.1) is 0 Å². The number of aryl methyl sites for hydroxylation is 1. The van der Waals surface area contributed by atoms with E-state index in [4.69, 9.17) is 0 Å². The van der Waals surface area contributed by atoms with E-state index in [1.54, 1.807) is 42.1 Å². The van der Waals surface area contributed by atoms with Crippen molar-refractivity contribution in [2.45, 2.75) is 18.1 Å². The largest absolute Gasteiger partial charge is 0.418 e. The molecule has 21 heavy (non-hydrogen) atoms. The topological polar surface area (TPSA) is 21.1 Å². The minimum absolute atomic E-state index is 0.163. The van der Waals surface area contributed by atoms with Crippen molar-refractivity contribution in [3.8, 4) is 0 Å². The molecule has 0 N–H and O–H groups in total. The van der Waals surface area contributed by atoms with Gasteiger partial charge >= 0.3 is 6.18 Å². The number of rotatable bonds is 4. The minimum Gasteiger partial charge on any atom is -0.370 e.